The molecule has 2 bridgehead atoms. The molecule has 2 N–H and O–H groups in total. The van der Waals surface area contributed by atoms with E-state index in [1.807, 2.05) is 0 Å². The minimum Gasteiger partial charge on any atom is -0.325 e. The summed E-state index contributed by atoms with van der Waals surface area (Å²) in [5.41, 5.74) is 7.41. The van der Waals surface area contributed by atoms with Crippen molar-refractivity contribution in [1.82, 2.24) is 0 Å². The summed E-state index contributed by atoms with van der Waals surface area (Å²) in [4.78, 5) is 0. The molecule has 2 aliphatic rings. The lowest BCUT2D eigenvalue weighted by atomic mass is 9.77. The van der Waals surface area contributed by atoms with Crippen LogP contribution in [0, 0.1) is 17.7 Å². The summed E-state index contributed by atoms with van der Waals surface area (Å²) in [5, 5.41) is 0.512. The van der Waals surface area contributed by atoms with Crippen molar-refractivity contribution in [2.75, 3.05) is 0 Å². The van der Waals surface area contributed by atoms with E-state index in [1.54, 1.807) is 6.07 Å². The van der Waals surface area contributed by atoms with Gasteiger partial charge >= 0.3 is 0 Å². The number of rotatable bonds is 2. The van der Waals surface area contributed by atoms with Crippen molar-refractivity contribution in [3.8, 4) is 0 Å². The first-order chi connectivity index (χ1) is 8.07. The molecule has 1 nitrogen and oxygen atoms in total. The van der Waals surface area contributed by atoms with Crippen LogP contribution < -0.4 is 5.73 Å². The predicted octanol–water partition coefficient (Wildman–Crippen LogP) is 3.54. The van der Waals surface area contributed by atoms with E-state index in [4.69, 9.17) is 17.3 Å². The molecule has 3 heteroatoms. The van der Waals surface area contributed by atoms with E-state index >= 15 is 0 Å². The van der Waals surface area contributed by atoms with Crippen molar-refractivity contribution in [3.05, 3.63) is 34.6 Å². The molecule has 0 amide bonds. The van der Waals surface area contributed by atoms with Crippen LogP contribution in [0.1, 0.15) is 31.2 Å². The Morgan fingerprint density at radius 2 is 2.24 bits per heavy atom. The summed E-state index contributed by atoms with van der Waals surface area (Å²) < 4.78 is 13.0. The van der Waals surface area contributed by atoms with Crippen molar-refractivity contribution in [1.29, 1.82) is 0 Å². The Kier molecular flexibility index (Phi) is 2.68. The van der Waals surface area contributed by atoms with Crippen LogP contribution in [-0.4, -0.2) is 5.54 Å². The third kappa shape index (κ3) is 1.98. The summed E-state index contributed by atoms with van der Waals surface area (Å²) in [6, 6.07) is 4.63. The van der Waals surface area contributed by atoms with Crippen molar-refractivity contribution in [2.24, 2.45) is 17.6 Å². The lowest BCUT2D eigenvalue weighted by Crippen LogP contribution is -2.47. The monoisotopic (exact) mass is 253 g/mol. The third-order valence-electron chi connectivity index (χ3n) is 4.56. The Balaban J connectivity index is 1.83. The second-order valence-electron chi connectivity index (χ2n) is 5.73. The van der Waals surface area contributed by atoms with Gasteiger partial charge in [-0.05, 0) is 55.2 Å². The summed E-state index contributed by atoms with van der Waals surface area (Å²) >= 11 is 6.08. The van der Waals surface area contributed by atoms with Gasteiger partial charge in [0.25, 0.3) is 0 Å². The molecule has 2 aliphatic carbocycles. The van der Waals surface area contributed by atoms with Gasteiger partial charge in [-0.1, -0.05) is 24.1 Å². The number of hydrogen-bond acceptors (Lipinski definition) is 1. The highest BCUT2D eigenvalue weighted by Crippen LogP contribution is 2.50. The molecule has 2 saturated carbocycles. The molecule has 17 heavy (non-hydrogen) atoms. The zero-order chi connectivity index (χ0) is 12.0. The van der Waals surface area contributed by atoms with E-state index in [-0.39, 0.29) is 11.4 Å². The largest absolute Gasteiger partial charge is 0.325 e. The number of halogens is 2. The van der Waals surface area contributed by atoms with Crippen molar-refractivity contribution in [2.45, 2.75) is 37.6 Å². The summed E-state index contributed by atoms with van der Waals surface area (Å²) in [6.07, 6.45) is 5.74. The molecule has 0 saturated heterocycles. The topological polar surface area (TPSA) is 26.0 Å². The Labute approximate surface area is 106 Å². The Morgan fingerprint density at radius 3 is 2.82 bits per heavy atom. The lowest BCUT2D eigenvalue weighted by molar-refractivity contribution is 0.269. The highest BCUT2D eigenvalue weighted by molar-refractivity contribution is 6.31. The van der Waals surface area contributed by atoms with Crippen LogP contribution in [0.3, 0.4) is 0 Å². The van der Waals surface area contributed by atoms with Crippen molar-refractivity contribution < 1.29 is 4.39 Å². The van der Waals surface area contributed by atoms with Crippen LogP contribution in [0.5, 0.6) is 0 Å². The maximum absolute atomic E-state index is 13.0. The van der Waals surface area contributed by atoms with E-state index < -0.39 is 0 Å². The fourth-order valence-electron chi connectivity index (χ4n) is 3.72. The highest BCUT2D eigenvalue weighted by Gasteiger charge is 2.48. The molecule has 0 aliphatic heterocycles. The average Bonchev–Trinajstić information content (AvgIpc) is 2.82. The Bertz CT molecular complexity index is 448. The quantitative estimate of drug-likeness (QED) is 0.857. The second-order valence-corrected chi connectivity index (χ2v) is 6.13. The maximum Gasteiger partial charge on any atom is 0.124 e. The van der Waals surface area contributed by atoms with E-state index in [0.29, 0.717) is 10.9 Å². The minimum atomic E-state index is -0.280. The zero-order valence-corrected chi connectivity index (χ0v) is 10.5. The lowest BCUT2D eigenvalue weighted by Gasteiger charge is -2.34. The fraction of sp³-hybridized carbons (Fsp3) is 0.571. The van der Waals surface area contributed by atoms with E-state index in [1.165, 1.54) is 31.4 Å². The molecule has 3 unspecified atom stereocenters. The molecule has 1 aromatic carbocycles. The molecular formula is C14H17ClFN. The van der Waals surface area contributed by atoms with Crippen LogP contribution in [0.4, 0.5) is 4.39 Å². The summed E-state index contributed by atoms with van der Waals surface area (Å²) in [5.74, 6) is 1.16. The van der Waals surface area contributed by atoms with Gasteiger partial charge in [-0.2, -0.15) is 0 Å². The first kappa shape index (κ1) is 11.5. The Hall–Kier alpha value is -0.600. The van der Waals surface area contributed by atoms with Crippen LogP contribution in [0.15, 0.2) is 18.2 Å². The molecule has 3 atom stereocenters. The van der Waals surface area contributed by atoms with Crippen LogP contribution in [-0.2, 0) is 6.42 Å². The van der Waals surface area contributed by atoms with Gasteiger partial charge < -0.3 is 5.73 Å². The standard InChI is InChI=1S/C14H17ClFN/c15-13-6-12(16)4-2-10(13)8-14(17)7-9-1-3-11(14)5-9/h2,4,6,9,11H,1,3,5,7-8,17H2. The molecule has 1 aromatic rings. The van der Waals surface area contributed by atoms with Crippen LogP contribution >= 0.6 is 11.6 Å². The van der Waals surface area contributed by atoms with Crippen molar-refractivity contribution >= 4 is 11.6 Å². The number of nitrogens with two attached hydrogens (primary N) is 1. The maximum atomic E-state index is 13.0. The SMILES string of the molecule is NC1(Cc2ccc(F)cc2Cl)CC2CCC1C2. The number of hydrogen-bond donors (Lipinski definition) is 1. The Morgan fingerprint density at radius 1 is 1.41 bits per heavy atom. The third-order valence-corrected chi connectivity index (χ3v) is 4.91. The second kappa shape index (κ2) is 3.96. The molecule has 92 valence electrons. The van der Waals surface area contributed by atoms with Crippen LogP contribution in [0.2, 0.25) is 5.02 Å². The van der Waals surface area contributed by atoms with E-state index in [9.17, 15) is 4.39 Å². The molecular weight excluding hydrogens is 237 g/mol. The van der Waals surface area contributed by atoms with E-state index in [2.05, 4.69) is 0 Å². The molecule has 0 heterocycles. The van der Waals surface area contributed by atoms with Crippen molar-refractivity contribution in [3.63, 3.8) is 0 Å². The van der Waals surface area contributed by atoms with Gasteiger partial charge in [0.1, 0.15) is 5.82 Å². The van der Waals surface area contributed by atoms with Gasteiger partial charge in [0, 0.05) is 10.6 Å². The molecule has 0 radical (unpaired) electrons. The fourth-order valence-corrected chi connectivity index (χ4v) is 3.96. The smallest absolute Gasteiger partial charge is 0.124 e. The average molecular weight is 254 g/mol. The number of fused-ring (bicyclic) bond motifs is 2. The zero-order valence-electron chi connectivity index (χ0n) is 9.76. The van der Waals surface area contributed by atoms with Gasteiger partial charge in [-0.25, -0.2) is 4.39 Å². The first-order valence-electron chi connectivity index (χ1n) is 6.30. The normalized spacial score (nSPS) is 35.5. The van der Waals surface area contributed by atoms with E-state index in [0.717, 1.165) is 24.3 Å². The van der Waals surface area contributed by atoms with Gasteiger partial charge in [-0.3, -0.25) is 0 Å². The predicted molar refractivity (Wildman–Crippen MR) is 67.5 cm³/mol. The van der Waals surface area contributed by atoms with Gasteiger partial charge in [-0.15, -0.1) is 0 Å². The number of benzene rings is 1. The van der Waals surface area contributed by atoms with Gasteiger partial charge in [0.05, 0.1) is 0 Å². The first-order valence-corrected chi connectivity index (χ1v) is 6.67. The van der Waals surface area contributed by atoms with Gasteiger partial charge in [0.15, 0.2) is 0 Å². The minimum absolute atomic E-state index is 0.107. The summed E-state index contributed by atoms with van der Waals surface area (Å²) in [7, 11) is 0. The molecule has 3 rings (SSSR count). The van der Waals surface area contributed by atoms with Crippen LogP contribution in [0.25, 0.3) is 0 Å². The molecule has 0 spiro atoms. The highest BCUT2D eigenvalue weighted by atomic mass is 35.5. The molecule has 0 aromatic heterocycles. The van der Waals surface area contributed by atoms with Gasteiger partial charge in [0.2, 0.25) is 0 Å². The summed E-state index contributed by atoms with van der Waals surface area (Å²) in [6.45, 7) is 0. The molecule has 2 fully saturated rings.